The Bertz CT molecular complexity index is 1010. The number of rotatable bonds is 5. The fourth-order valence-corrected chi connectivity index (χ4v) is 4.69. The van der Waals surface area contributed by atoms with Gasteiger partial charge in [-0.3, -0.25) is 9.59 Å². The van der Waals surface area contributed by atoms with Gasteiger partial charge in [-0.05, 0) is 61.6 Å². The maximum atomic E-state index is 12.5. The van der Waals surface area contributed by atoms with Crippen LogP contribution in [0.4, 0.5) is 5.69 Å². The van der Waals surface area contributed by atoms with Crippen LogP contribution in [0.1, 0.15) is 29.5 Å². The number of anilines is 1. The van der Waals surface area contributed by atoms with Crippen molar-refractivity contribution < 1.29 is 18.0 Å². The number of benzene rings is 2. The first-order valence-electron chi connectivity index (χ1n) is 9.53. The van der Waals surface area contributed by atoms with Crippen LogP contribution in [-0.4, -0.2) is 37.6 Å². The first-order chi connectivity index (χ1) is 13.8. The number of carbonyl (C=O) groups excluding carboxylic acids is 2. The van der Waals surface area contributed by atoms with Crippen LogP contribution in [0.2, 0.25) is 0 Å². The summed E-state index contributed by atoms with van der Waals surface area (Å²) in [7, 11) is -3.46. The van der Waals surface area contributed by atoms with E-state index in [1.54, 1.807) is 18.2 Å². The molecule has 0 aromatic heterocycles. The van der Waals surface area contributed by atoms with Gasteiger partial charge in [0.2, 0.25) is 10.0 Å². The Hall–Kier alpha value is -2.71. The van der Waals surface area contributed by atoms with Gasteiger partial charge in [0.05, 0.1) is 4.90 Å². The summed E-state index contributed by atoms with van der Waals surface area (Å²) in [5.74, 6) is -1.49. The van der Waals surface area contributed by atoms with Gasteiger partial charge >= 0.3 is 11.8 Å². The lowest BCUT2D eigenvalue weighted by atomic mass is 10.1. The molecular weight excluding hydrogens is 390 g/mol. The van der Waals surface area contributed by atoms with E-state index in [0.29, 0.717) is 24.3 Å². The molecule has 1 fully saturated rings. The Labute approximate surface area is 171 Å². The first-order valence-corrected chi connectivity index (χ1v) is 11.0. The minimum absolute atomic E-state index is 0.128. The van der Waals surface area contributed by atoms with Crippen molar-refractivity contribution >= 4 is 27.5 Å². The van der Waals surface area contributed by atoms with Crippen LogP contribution in [0, 0.1) is 13.8 Å². The highest BCUT2D eigenvalue weighted by molar-refractivity contribution is 7.89. The molecule has 1 saturated heterocycles. The molecule has 2 amide bonds. The zero-order valence-electron chi connectivity index (χ0n) is 16.6. The van der Waals surface area contributed by atoms with Crippen LogP contribution in [-0.2, 0) is 26.2 Å². The number of amides is 2. The highest BCUT2D eigenvalue weighted by atomic mass is 32.2. The highest BCUT2D eigenvalue weighted by Gasteiger charge is 2.26. The van der Waals surface area contributed by atoms with Gasteiger partial charge in [-0.15, -0.1) is 0 Å². The summed E-state index contributed by atoms with van der Waals surface area (Å²) in [4.78, 5) is 24.5. The van der Waals surface area contributed by atoms with Crippen LogP contribution >= 0.6 is 0 Å². The summed E-state index contributed by atoms with van der Waals surface area (Å²) in [5, 5.41) is 5.17. The zero-order chi connectivity index (χ0) is 21.0. The van der Waals surface area contributed by atoms with Crippen molar-refractivity contribution in [2.24, 2.45) is 0 Å². The molecule has 154 valence electrons. The predicted molar refractivity (Wildman–Crippen MR) is 111 cm³/mol. The third-order valence-corrected chi connectivity index (χ3v) is 6.84. The average Bonchev–Trinajstić information content (AvgIpc) is 3.25. The highest BCUT2D eigenvalue weighted by Crippen LogP contribution is 2.21. The Kier molecular flexibility index (Phi) is 6.34. The Morgan fingerprint density at radius 1 is 0.966 bits per heavy atom. The molecule has 0 radical (unpaired) electrons. The molecule has 1 heterocycles. The van der Waals surface area contributed by atoms with E-state index in [2.05, 4.69) is 10.6 Å². The smallest absolute Gasteiger partial charge is 0.313 e. The number of carbonyl (C=O) groups is 2. The van der Waals surface area contributed by atoms with Gasteiger partial charge in [-0.25, -0.2) is 8.42 Å². The molecular formula is C21H25N3O4S. The van der Waals surface area contributed by atoms with Crippen molar-refractivity contribution in [2.75, 3.05) is 18.4 Å². The van der Waals surface area contributed by atoms with Gasteiger partial charge in [0.25, 0.3) is 0 Å². The largest absolute Gasteiger partial charge is 0.344 e. The molecule has 0 aliphatic carbocycles. The minimum atomic E-state index is -3.46. The van der Waals surface area contributed by atoms with Crippen molar-refractivity contribution in [1.29, 1.82) is 0 Å². The molecule has 2 aromatic carbocycles. The molecule has 0 bridgehead atoms. The number of sulfonamides is 1. The molecule has 7 nitrogen and oxygen atoms in total. The fraction of sp³-hybridized carbons (Fsp3) is 0.333. The van der Waals surface area contributed by atoms with E-state index in [1.165, 1.54) is 16.4 Å². The summed E-state index contributed by atoms with van der Waals surface area (Å²) < 4.78 is 26.5. The Morgan fingerprint density at radius 2 is 1.62 bits per heavy atom. The molecule has 2 N–H and O–H groups in total. The van der Waals surface area contributed by atoms with Crippen LogP contribution in [0.5, 0.6) is 0 Å². The van der Waals surface area contributed by atoms with Crippen molar-refractivity contribution in [3.05, 3.63) is 59.2 Å². The van der Waals surface area contributed by atoms with Gasteiger partial charge in [-0.2, -0.15) is 4.31 Å². The lowest BCUT2D eigenvalue weighted by Crippen LogP contribution is -2.35. The second-order valence-corrected chi connectivity index (χ2v) is 9.15. The van der Waals surface area contributed by atoms with Crippen molar-refractivity contribution in [3.8, 4) is 0 Å². The number of nitrogens with one attached hydrogen (secondary N) is 2. The molecule has 29 heavy (non-hydrogen) atoms. The lowest BCUT2D eigenvalue weighted by molar-refractivity contribution is -0.136. The number of aryl methyl sites for hydroxylation is 2. The molecule has 0 atom stereocenters. The van der Waals surface area contributed by atoms with Gasteiger partial charge < -0.3 is 10.6 Å². The maximum Gasteiger partial charge on any atom is 0.313 e. The zero-order valence-corrected chi connectivity index (χ0v) is 17.4. The van der Waals surface area contributed by atoms with Crippen LogP contribution < -0.4 is 10.6 Å². The minimum Gasteiger partial charge on any atom is -0.344 e. The second-order valence-electron chi connectivity index (χ2n) is 7.21. The van der Waals surface area contributed by atoms with E-state index in [-0.39, 0.29) is 11.4 Å². The monoisotopic (exact) mass is 415 g/mol. The normalized spacial score (nSPS) is 14.6. The van der Waals surface area contributed by atoms with E-state index < -0.39 is 21.8 Å². The molecule has 2 aromatic rings. The third kappa shape index (κ3) is 5.02. The summed E-state index contributed by atoms with van der Waals surface area (Å²) in [6.45, 7) is 4.99. The van der Waals surface area contributed by atoms with Gasteiger partial charge in [0.15, 0.2) is 0 Å². The number of nitrogens with zero attached hydrogens (tertiary/aromatic N) is 1. The fourth-order valence-electron chi connectivity index (χ4n) is 3.17. The summed E-state index contributed by atoms with van der Waals surface area (Å²) >= 11 is 0. The Balaban J connectivity index is 1.57. The van der Waals surface area contributed by atoms with E-state index in [0.717, 1.165) is 24.0 Å². The van der Waals surface area contributed by atoms with E-state index in [4.69, 9.17) is 0 Å². The van der Waals surface area contributed by atoms with Crippen molar-refractivity contribution in [1.82, 2.24) is 9.62 Å². The number of hydrogen-bond donors (Lipinski definition) is 2. The predicted octanol–water partition coefficient (Wildman–Crippen LogP) is 2.34. The van der Waals surface area contributed by atoms with Crippen LogP contribution in [0.3, 0.4) is 0 Å². The topological polar surface area (TPSA) is 95.6 Å². The molecule has 1 aliphatic heterocycles. The van der Waals surface area contributed by atoms with E-state index in [9.17, 15) is 18.0 Å². The standard InChI is InChI=1S/C21H25N3O4S/c1-15-5-6-16(2)19(13-15)23-21(26)20(25)22-14-17-7-9-18(10-8-17)29(27,28)24-11-3-4-12-24/h5-10,13H,3-4,11-12,14H2,1-2H3,(H,22,25)(H,23,26). The SMILES string of the molecule is Cc1ccc(C)c(NC(=O)C(=O)NCc2ccc(S(=O)(=O)N3CCCC3)cc2)c1. The molecule has 0 unspecified atom stereocenters. The third-order valence-electron chi connectivity index (χ3n) is 4.93. The van der Waals surface area contributed by atoms with Gasteiger partial charge in [-0.1, -0.05) is 24.3 Å². The van der Waals surface area contributed by atoms with Crippen LogP contribution in [0.25, 0.3) is 0 Å². The maximum absolute atomic E-state index is 12.5. The second kappa shape index (κ2) is 8.75. The molecule has 3 rings (SSSR count). The van der Waals surface area contributed by atoms with Crippen molar-refractivity contribution in [2.45, 2.75) is 38.1 Å². The number of hydrogen-bond acceptors (Lipinski definition) is 4. The van der Waals surface area contributed by atoms with E-state index in [1.807, 2.05) is 26.0 Å². The molecule has 1 aliphatic rings. The van der Waals surface area contributed by atoms with Gasteiger partial charge in [0, 0.05) is 25.3 Å². The molecule has 0 spiro atoms. The van der Waals surface area contributed by atoms with E-state index >= 15 is 0 Å². The molecule has 8 heteroatoms. The average molecular weight is 416 g/mol. The summed E-state index contributed by atoms with van der Waals surface area (Å²) in [6, 6.07) is 12.0. The lowest BCUT2D eigenvalue weighted by Gasteiger charge is -2.15. The quantitative estimate of drug-likeness (QED) is 0.733. The summed E-state index contributed by atoms with van der Waals surface area (Å²) in [6.07, 6.45) is 1.76. The van der Waals surface area contributed by atoms with Gasteiger partial charge in [0.1, 0.15) is 0 Å². The first kappa shape index (κ1) is 21.0. The Morgan fingerprint density at radius 3 is 2.28 bits per heavy atom. The van der Waals surface area contributed by atoms with Crippen LogP contribution in [0.15, 0.2) is 47.4 Å². The molecule has 0 saturated carbocycles. The summed E-state index contributed by atoms with van der Waals surface area (Å²) in [5.41, 5.74) is 3.15. The van der Waals surface area contributed by atoms with Crippen molar-refractivity contribution in [3.63, 3.8) is 0 Å².